The SMILES string of the molecule is NC(=S)c1cc(Br)ccc1N. The van der Waals surface area contributed by atoms with Crippen molar-refractivity contribution in [2.75, 3.05) is 5.73 Å². The molecule has 0 amide bonds. The summed E-state index contributed by atoms with van der Waals surface area (Å²) in [5.74, 6) is 0. The largest absolute Gasteiger partial charge is 0.398 e. The van der Waals surface area contributed by atoms with Gasteiger partial charge in [-0.25, -0.2) is 0 Å². The lowest BCUT2D eigenvalue weighted by molar-refractivity contribution is 1.58. The van der Waals surface area contributed by atoms with Crippen molar-refractivity contribution >= 4 is 38.8 Å². The number of halogens is 1. The molecule has 0 radical (unpaired) electrons. The predicted octanol–water partition coefficient (Wildman–Crippen LogP) is 1.67. The number of nitrogen functional groups attached to an aromatic ring is 1. The maximum atomic E-state index is 5.60. The second kappa shape index (κ2) is 3.19. The fourth-order valence-electron chi connectivity index (χ4n) is 0.742. The number of rotatable bonds is 1. The summed E-state index contributed by atoms with van der Waals surface area (Å²) in [4.78, 5) is 0.323. The van der Waals surface area contributed by atoms with Crippen LogP contribution in [0.15, 0.2) is 22.7 Å². The molecule has 0 aliphatic heterocycles. The second-order valence-corrected chi connectivity index (χ2v) is 3.45. The van der Waals surface area contributed by atoms with E-state index >= 15 is 0 Å². The number of benzene rings is 1. The maximum Gasteiger partial charge on any atom is 0.106 e. The fraction of sp³-hybridized carbons (Fsp3) is 0. The molecule has 0 heterocycles. The normalized spacial score (nSPS) is 9.55. The van der Waals surface area contributed by atoms with Crippen LogP contribution in [0.3, 0.4) is 0 Å². The molecule has 0 aromatic heterocycles. The summed E-state index contributed by atoms with van der Waals surface area (Å²) < 4.78 is 0.925. The smallest absolute Gasteiger partial charge is 0.106 e. The molecule has 0 unspecified atom stereocenters. The van der Waals surface area contributed by atoms with Gasteiger partial charge in [-0.05, 0) is 18.2 Å². The number of thiocarbonyl (C=S) groups is 1. The third-order valence-electron chi connectivity index (χ3n) is 1.28. The van der Waals surface area contributed by atoms with E-state index in [9.17, 15) is 0 Å². The lowest BCUT2D eigenvalue weighted by atomic mass is 10.2. The lowest BCUT2D eigenvalue weighted by Crippen LogP contribution is -2.11. The van der Waals surface area contributed by atoms with Gasteiger partial charge in [-0.3, -0.25) is 0 Å². The van der Waals surface area contributed by atoms with E-state index in [2.05, 4.69) is 15.9 Å². The summed E-state index contributed by atoms with van der Waals surface area (Å²) in [5, 5.41) is 0. The fourth-order valence-corrected chi connectivity index (χ4v) is 1.28. The minimum Gasteiger partial charge on any atom is -0.398 e. The van der Waals surface area contributed by atoms with Crippen molar-refractivity contribution in [3.63, 3.8) is 0 Å². The standard InChI is InChI=1S/C7H7BrN2S/c8-4-1-2-6(9)5(3-4)7(10)11/h1-3H,9H2,(H2,10,11). The molecule has 0 spiro atoms. The number of anilines is 1. The van der Waals surface area contributed by atoms with Crippen LogP contribution in [-0.4, -0.2) is 4.99 Å². The molecule has 4 heteroatoms. The van der Waals surface area contributed by atoms with E-state index in [0.29, 0.717) is 10.7 Å². The summed E-state index contributed by atoms with van der Waals surface area (Å²) in [7, 11) is 0. The van der Waals surface area contributed by atoms with E-state index in [0.717, 1.165) is 10.0 Å². The Balaban J connectivity index is 3.23. The van der Waals surface area contributed by atoms with Gasteiger partial charge in [0, 0.05) is 15.7 Å². The zero-order valence-electron chi connectivity index (χ0n) is 5.67. The third-order valence-corrected chi connectivity index (χ3v) is 1.99. The minimum atomic E-state index is 0.323. The van der Waals surface area contributed by atoms with E-state index in [1.807, 2.05) is 6.07 Å². The summed E-state index contributed by atoms with van der Waals surface area (Å²) in [5.41, 5.74) is 12.3. The highest BCUT2D eigenvalue weighted by atomic mass is 79.9. The zero-order valence-corrected chi connectivity index (χ0v) is 8.08. The first kappa shape index (κ1) is 8.49. The second-order valence-electron chi connectivity index (χ2n) is 2.10. The Hall–Kier alpha value is -0.610. The Bertz CT molecular complexity index is 298. The summed E-state index contributed by atoms with van der Waals surface area (Å²) in [6.45, 7) is 0. The van der Waals surface area contributed by atoms with Crippen LogP contribution < -0.4 is 11.5 Å². The summed E-state index contributed by atoms with van der Waals surface area (Å²) >= 11 is 8.08. The van der Waals surface area contributed by atoms with E-state index in [-0.39, 0.29) is 0 Å². The molecule has 0 saturated heterocycles. The van der Waals surface area contributed by atoms with Crippen LogP contribution in [-0.2, 0) is 0 Å². The average Bonchev–Trinajstić information content (AvgIpc) is 1.94. The van der Waals surface area contributed by atoms with Crippen molar-refractivity contribution in [3.8, 4) is 0 Å². The molecule has 0 saturated carbocycles. The van der Waals surface area contributed by atoms with Crippen LogP contribution in [0.4, 0.5) is 5.69 Å². The van der Waals surface area contributed by atoms with E-state index in [4.69, 9.17) is 23.7 Å². The maximum absolute atomic E-state index is 5.60. The Morgan fingerprint density at radius 1 is 1.45 bits per heavy atom. The number of hydrogen-bond acceptors (Lipinski definition) is 2. The Kier molecular flexibility index (Phi) is 2.46. The average molecular weight is 231 g/mol. The molecule has 1 aromatic rings. The first-order chi connectivity index (χ1) is 5.11. The van der Waals surface area contributed by atoms with Crippen LogP contribution >= 0.6 is 28.1 Å². The summed E-state index contributed by atoms with van der Waals surface area (Å²) in [6, 6.07) is 5.41. The van der Waals surface area contributed by atoms with Gasteiger partial charge in [0.05, 0.1) is 0 Å². The van der Waals surface area contributed by atoms with E-state index < -0.39 is 0 Å². The molecule has 1 rings (SSSR count). The van der Waals surface area contributed by atoms with Gasteiger partial charge in [0.2, 0.25) is 0 Å². The first-order valence-corrected chi connectivity index (χ1v) is 4.16. The van der Waals surface area contributed by atoms with Crippen molar-refractivity contribution in [2.24, 2.45) is 5.73 Å². The van der Waals surface area contributed by atoms with Gasteiger partial charge in [0.15, 0.2) is 0 Å². The third kappa shape index (κ3) is 1.91. The predicted molar refractivity (Wildman–Crippen MR) is 54.4 cm³/mol. The molecule has 0 bridgehead atoms. The molecule has 0 aliphatic rings. The molecule has 0 atom stereocenters. The van der Waals surface area contributed by atoms with Crippen molar-refractivity contribution in [3.05, 3.63) is 28.2 Å². The van der Waals surface area contributed by atoms with Crippen LogP contribution in [0.25, 0.3) is 0 Å². The Morgan fingerprint density at radius 2 is 2.09 bits per heavy atom. The lowest BCUT2D eigenvalue weighted by Gasteiger charge is -2.02. The van der Waals surface area contributed by atoms with Crippen LogP contribution in [0.1, 0.15) is 5.56 Å². The highest BCUT2D eigenvalue weighted by Gasteiger charge is 2.01. The molecule has 58 valence electrons. The molecule has 11 heavy (non-hydrogen) atoms. The molecular weight excluding hydrogens is 224 g/mol. The molecular formula is C7H7BrN2S. The molecule has 4 N–H and O–H groups in total. The van der Waals surface area contributed by atoms with E-state index in [1.165, 1.54) is 0 Å². The monoisotopic (exact) mass is 230 g/mol. The Morgan fingerprint density at radius 3 is 2.55 bits per heavy atom. The quantitative estimate of drug-likeness (QED) is 0.571. The minimum absolute atomic E-state index is 0.323. The number of nitrogens with two attached hydrogens (primary N) is 2. The van der Waals surface area contributed by atoms with Gasteiger partial charge < -0.3 is 11.5 Å². The van der Waals surface area contributed by atoms with Gasteiger partial charge in [-0.2, -0.15) is 0 Å². The van der Waals surface area contributed by atoms with E-state index in [1.54, 1.807) is 12.1 Å². The highest BCUT2D eigenvalue weighted by molar-refractivity contribution is 9.10. The van der Waals surface area contributed by atoms with Gasteiger partial charge in [-0.1, -0.05) is 28.1 Å². The molecule has 0 fully saturated rings. The van der Waals surface area contributed by atoms with Crippen molar-refractivity contribution < 1.29 is 0 Å². The topological polar surface area (TPSA) is 52.0 Å². The molecule has 0 aliphatic carbocycles. The highest BCUT2D eigenvalue weighted by Crippen LogP contribution is 2.17. The van der Waals surface area contributed by atoms with Gasteiger partial charge in [-0.15, -0.1) is 0 Å². The summed E-state index contributed by atoms with van der Waals surface area (Å²) in [6.07, 6.45) is 0. The molecule has 1 aromatic carbocycles. The van der Waals surface area contributed by atoms with Gasteiger partial charge in [0.25, 0.3) is 0 Å². The van der Waals surface area contributed by atoms with Crippen LogP contribution in [0, 0.1) is 0 Å². The first-order valence-electron chi connectivity index (χ1n) is 2.96. The van der Waals surface area contributed by atoms with Crippen molar-refractivity contribution in [1.82, 2.24) is 0 Å². The van der Waals surface area contributed by atoms with Crippen molar-refractivity contribution in [1.29, 1.82) is 0 Å². The number of hydrogen-bond donors (Lipinski definition) is 2. The van der Waals surface area contributed by atoms with Gasteiger partial charge in [0.1, 0.15) is 4.99 Å². The molecule has 2 nitrogen and oxygen atoms in total. The van der Waals surface area contributed by atoms with Crippen LogP contribution in [0.5, 0.6) is 0 Å². The van der Waals surface area contributed by atoms with Gasteiger partial charge >= 0.3 is 0 Å². The van der Waals surface area contributed by atoms with Crippen LogP contribution in [0.2, 0.25) is 0 Å². The zero-order chi connectivity index (χ0) is 8.43. The van der Waals surface area contributed by atoms with Crippen molar-refractivity contribution in [2.45, 2.75) is 0 Å². The Labute approximate surface area is 78.7 Å².